The molecule has 1 aromatic carbocycles. The van der Waals surface area contributed by atoms with Crippen molar-refractivity contribution in [3.05, 3.63) is 45.6 Å². The zero-order valence-corrected chi connectivity index (χ0v) is 15.0. The summed E-state index contributed by atoms with van der Waals surface area (Å²) in [5.74, 6) is 0.783. The van der Waals surface area contributed by atoms with Crippen molar-refractivity contribution in [3.8, 4) is 0 Å². The fourth-order valence-electron chi connectivity index (χ4n) is 3.31. The third kappa shape index (κ3) is 2.81. The maximum Gasteiger partial charge on any atom is 0.338 e. The minimum absolute atomic E-state index is 0.212. The van der Waals surface area contributed by atoms with E-state index in [1.165, 1.54) is 0 Å². The first kappa shape index (κ1) is 17.2. The number of benzene rings is 1. The SMILES string of the molecule is CCOC(=O)c1cc2[nH]c(=O)c3cnc(C(CC)CC)n3c2cc1C. The smallest absolute Gasteiger partial charge is 0.338 e. The highest BCUT2D eigenvalue weighted by Gasteiger charge is 2.19. The topological polar surface area (TPSA) is 76.5 Å². The maximum absolute atomic E-state index is 12.5. The second kappa shape index (κ2) is 6.70. The van der Waals surface area contributed by atoms with Gasteiger partial charge in [0.1, 0.15) is 11.3 Å². The Hall–Kier alpha value is -2.63. The van der Waals surface area contributed by atoms with Crippen molar-refractivity contribution >= 4 is 22.5 Å². The van der Waals surface area contributed by atoms with E-state index in [4.69, 9.17) is 4.74 Å². The van der Waals surface area contributed by atoms with Crippen LogP contribution in [-0.2, 0) is 4.74 Å². The Bertz CT molecular complexity index is 996. The highest BCUT2D eigenvalue weighted by Crippen LogP contribution is 2.26. The Morgan fingerprint density at radius 2 is 1.96 bits per heavy atom. The Morgan fingerprint density at radius 1 is 1.24 bits per heavy atom. The lowest BCUT2D eigenvalue weighted by molar-refractivity contribution is 0.0525. The standard InChI is InChI=1S/C19H23N3O3/c1-5-12(6-2)17-20-10-16-18(23)21-14-9-13(19(24)25-7-3)11(4)8-15(14)22(16)17/h8-10,12H,5-7H2,1-4H3,(H,21,23). The van der Waals surface area contributed by atoms with Crippen molar-refractivity contribution in [1.29, 1.82) is 0 Å². The van der Waals surface area contributed by atoms with Crippen LogP contribution in [-0.4, -0.2) is 26.9 Å². The molecule has 25 heavy (non-hydrogen) atoms. The van der Waals surface area contributed by atoms with Crippen LogP contribution in [0, 0.1) is 6.92 Å². The molecule has 2 heterocycles. The average Bonchev–Trinajstić information content (AvgIpc) is 3.02. The van der Waals surface area contributed by atoms with Gasteiger partial charge in [-0.1, -0.05) is 13.8 Å². The van der Waals surface area contributed by atoms with Gasteiger partial charge in [-0.3, -0.25) is 9.20 Å². The number of fused-ring (bicyclic) bond motifs is 3. The first-order chi connectivity index (χ1) is 12.0. The third-order valence-electron chi connectivity index (χ3n) is 4.70. The number of aromatic amines is 1. The van der Waals surface area contributed by atoms with Gasteiger partial charge in [0.2, 0.25) is 0 Å². The van der Waals surface area contributed by atoms with E-state index in [9.17, 15) is 9.59 Å². The van der Waals surface area contributed by atoms with Crippen LogP contribution in [0.5, 0.6) is 0 Å². The van der Waals surface area contributed by atoms with E-state index in [-0.39, 0.29) is 17.4 Å². The number of carbonyl (C=O) groups excluding carboxylic acids is 1. The van der Waals surface area contributed by atoms with Crippen molar-refractivity contribution in [1.82, 2.24) is 14.4 Å². The molecule has 0 radical (unpaired) electrons. The number of carbonyl (C=O) groups is 1. The molecule has 6 heteroatoms. The Balaban J connectivity index is 2.34. The lowest BCUT2D eigenvalue weighted by Crippen LogP contribution is -2.14. The summed E-state index contributed by atoms with van der Waals surface area (Å²) in [5, 5.41) is 0. The van der Waals surface area contributed by atoms with Crippen molar-refractivity contribution in [2.75, 3.05) is 6.61 Å². The molecule has 6 nitrogen and oxygen atoms in total. The summed E-state index contributed by atoms with van der Waals surface area (Å²) in [6.07, 6.45) is 3.52. The van der Waals surface area contributed by atoms with Crippen LogP contribution in [0.1, 0.15) is 61.3 Å². The Labute approximate surface area is 145 Å². The largest absolute Gasteiger partial charge is 0.462 e. The van der Waals surface area contributed by atoms with Crippen LogP contribution >= 0.6 is 0 Å². The molecule has 0 saturated carbocycles. The molecule has 0 fully saturated rings. The van der Waals surface area contributed by atoms with Gasteiger partial charge < -0.3 is 9.72 Å². The number of ether oxygens (including phenoxy) is 1. The molecule has 0 aliphatic rings. The summed E-state index contributed by atoms with van der Waals surface area (Å²) < 4.78 is 7.03. The zero-order chi connectivity index (χ0) is 18.1. The first-order valence-corrected chi connectivity index (χ1v) is 8.72. The monoisotopic (exact) mass is 341 g/mol. The van der Waals surface area contributed by atoms with Gasteiger partial charge in [-0.2, -0.15) is 0 Å². The molecule has 0 saturated heterocycles. The molecule has 0 spiro atoms. The summed E-state index contributed by atoms with van der Waals surface area (Å²) in [5.41, 5.74) is 3.04. The molecule has 3 aromatic rings. The molecule has 0 atom stereocenters. The third-order valence-corrected chi connectivity index (χ3v) is 4.70. The summed E-state index contributed by atoms with van der Waals surface area (Å²) in [7, 11) is 0. The zero-order valence-electron chi connectivity index (χ0n) is 15.0. The lowest BCUT2D eigenvalue weighted by Gasteiger charge is -2.14. The van der Waals surface area contributed by atoms with Crippen LogP contribution in [0.25, 0.3) is 16.6 Å². The summed E-state index contributed by atoms with van der Waals surface area (Å²) >= 11 is 0. The number of nitrogens with zero attached hydrogens (tertiary/aromatic N) is 2. The van der Waals surface area contributed by atoms with Crippen molar-refractivity contribution in [3.63, 3.8) is 0 Å². The molecular weight excluding hydrogens is 318 g/mol. The van der Waals surface area contributed by atoms with Gasteiger partial charge in [-0.05, 0) is 44.4 Å². The van der Waals surface area contributed by atoms with Crippen molar-refractivity contribution in [2.24, 2.45) is 0 Å². The van der Waals surface area contributed by atoms with Gasteiger partial charge in [0.25, 0.3) is 5.56 Å². The fraction of sp³-hybridized carbons (Fsp3) is 0.421. The number of hydrogen-bond acceptors (Lipinski definition) is 4. The lowest BCUT2D eigenvalue weighted by atomic mass is 10.0. The van der Waals surface area contributed by atoms with Gasteiger partial charge >= 0.3 is 5.97 Å². The molecule has 0 aliphatic heterocycles. The number of aryl methyl sites for hydroxylation is 1. The van der Waals surface area contributed by atoms with Crippen molar-refractivity contribution in [2.45, 2.75) is 46.5 Å². The molecule has 2 aromatic heterocycles. The summed E-state index contributed by atoms with van der Waals surface area (Å²) in [6, 6.07) is 3.61. The molecule has 3 rings (SSSR count). The summed E-state index contributed by atoms with van der Waals surface area (Å²) in [6.45, 7) is 8.19. The number of H-pyrrole nitrogens is 1. The van der Waals surface area contributed by atoms with Gasteiger partial charge in [-0.15, -0.1) is 0 Å². The first-order valence-electron chi connectivity index (χ1n) is 8.72. The van der Waals surface area contributed by atoms with E-state index in [1.54, 1.807) is 19.2 Å². The Morgan fingerprint density at radius 3 is 2.60 bits per heavy atom. The predicted octanol–water partition coefficient (Wildman–Crippen LogP) is 3.56. The highest BCUT2D eigenvalue weighted by molar-refractivity contribution is 5.95. The fourth-order valence-corrected chi connectivity index (χ4v) is 3.31. The maximum atomic E-state index is 12.5. The van der Waals surface area contributed by atoms with E-state index >= 15 is 0 Å². The van der Waals surface area contributed by atoms with Gasteiger partial charge in [0.05, 0.1) is 29.4 Å². The van der Waals surface area contributed by atoms with E-state index < -0.39 is 0 Å². The van der Waals surface area contributed by atoms with Crippen LogP contribution in [0.15, 0.2) is 23.1 Å². The number of hydrogen-bond donors (Lipinski definition) is 1. The molecule has 0 aliphatic carbocycles. The molecular formula is C19H23N3O3. The van der Waals surface area contributed by atoms with Gasteiger partial charge in [0, 0.05) is 5.92 Å². The van der Waals surface area contributed by atoms with Crippen LogP contribution in [0.3, 0.4) is 0 Å². The highest BCUT2D eigenvalue weighted by atomic mass is 16.5. The molecule has 0 amide bonds. The van der Waals surface area contributed by atoms with Gasteiger partial charge in [-0.25, -0.2) is 9.78 Å². The number of imidazole rings is 1. The number of aromatic nitrogens is 3. The van der Waals surface area contributed by atoms with Crippen LogP contribution < -0.4 is 5.56 Å². The van der Waals surface area contributed by atoms with E-state index in [2.05, 4.69) is 23.8 Å². The van der Waals surface area contributed by atoms with Crippen molar-refractivity contribution < 1.29 is 9.53 Å². The minimum Gasteiger partial charge on any atom is -0.462 e. The van der Waals surface area contributed by atoms with E-state index in [0.29, 0.717) is 23.2 Å². The number of rotatable bonds is 5. The average molecular weight is 341 g/mol. The van der Waals surface area contributed by atoms with Crippen LogP contribution in [0.2, 0.25) is 0 Å². The summed E-state index contributed by atoms with van der Waals surface area (Å²) in [4.78, 5) is 32.0. The van der Waals surface area contributed by atoms with E-state index in [1.807, 2.05) is 17.4 Å². The molecule has 0 bridgehead atoms. The second-order valence-corrected chi connectivity index (χ2v) is 6.21. The molecule has 0 unspecified atom stereocenters. The van der Waals surface area contributed by atoms with Gasteiger partial charge in [0.15, 0.2) is 0 Å². The second-order valence-electron chi connectivity index (χ2n) is 6.21. The molecule has 1 N–H and O–H groups in total. The van der Waals surface area contributed by atoms with Crippen LogP contribution in [0.4, 0.5) is 0 Å². The normalized spacial score (nSPS) is 11.6. The number of esters is 1. The molecule has 132 valence electrons. The Kier molecular flexibility index (Phi) is 4.61. The number of nitrogens with one attached hydrogen (secondary N) is 1. The minimum atomic E-state index is -0.381. The quantitative estimate of drug-likeness (QED) is 0.720. The van der Waals surface area contributed by atoms with E-state index in [0.717, 1.165) is 29.7 Å². The predicted molar refractivity (Wildman–Crippen MR) is 97.3 cm³/mol.